The van der Waals surface area contributed by atoms with Crippen LogP contribution in [0.1, 0.15) is 26.3 Å². The third-order valence-corrected chi connectivity index (χ3v) is 2.94. The Morgan fingerprint density at radius 2 is 1.65 bits per heavy atom. The summed E-state index contributed by atoms with van der Waals surface area (Å²) >= 11 is 0. The highest BCUT2D eigenvalue weighted by Crippen LogP contribution is 2.00. The minimum absolute atomic E-state index is 0.111. The first-order valence-electron chi connectivity index (χ1n) is 7.38. The molecular formula is C16H22N2O5. The molecule has 0 aromatic heterocycles. The van der Waals surface area contributed by atoms with E-state index in [4.69, 9.17) is 9.47 Å². The van der Waals surface area contributed by atoms with E-state index in [1.54, 1.807) is 6.92 Å². The number of alkyl carbamates (subject to hydrolysis) is 1. The largest absolute Gasteiger partial charge is 0.464 e. The predicted octanol–water partition coefficient (Wildman–Crippen LogP) is 1.37. The summed E-state index contributed by atoms with van der Waals surface area (Å²) < 4.78 is 9.81. The predicted molar refractivity (Wildman–Crippen MR) is 83.5 cm³/mol. The smallest absolute Gasteiger partial charge is 0.408 e. The van der Waals surface area contributed by atoms with Gasteiger partial charge in [-0.25, -0.2) is 9.59 Å². The van der Waals surface area contributed by atoms with E-state index >= 15 is 0 Å². The molecule has 7 heteroatoms. The number of benzene rings is 1. The number of amides is 2. The first kappa shape index (κ1) is 18.5. The maximum absolute atomic E-state index is 11.9. The van der Waals surface area contributed by atoms with Crippen LogP contribution in [0.25, 0.3) is 0 Å². The van der Waals surface area contributed by atoms with Gasteiger partial charge in [-0.1, -0.05) is 30.3 Å². The van der Waals surface area contributed by atoms with E-state index in [0.717, 1.165) is 5.56 Å². The lowest BCUT2D eigenvalue weighted by Gasteiger charge is -2.17. The number of esters is 1. The Bertz CT molecular complexity index is 533. The van der Waals surface area contributed by atoms with Gasteiger partial charge in [0.05, 0.1) is 6.61 Å². The molecule has 0 heterocycles. The average Bonchev–Trinajstić information content (AvgIpc) is 2.54. The summed E-state index contributed by atoms with van der Waals surface area (Å²) in [5.74, 6) is -1.03. The Morgan fingerprint density at radius 1 is 1.00 bits per heavy atom. The van der Waals surface area contributed by atoms with E-state index in [0.29, 0.717) is 0 Å². The number of carbonyl (C=O) groups is 3. The van der Waals surface area contributed by atoms with Crippen LogP contribution in [0.4, 0.5) is 4.79 Å². The van der Waals surface area contributed by atoms with Crippen LogP contribution in [-0.2, 0) is 25.7 Å². The van der Waals surface area contributed by atoms with Crippen molar-refractivity contribution in [3.8, 4) is 0 Å². The summed E-state index contributed by atoms with van der Waals surface area (Å²) in [6.07, 6.45) is -0.708. The van der Waals surface area contributed by atoms with Crippen molar-refractivity contribution < 1.29 is 23.9 Å². The minimum Gasteiger partial charge on any atom is -0.464 e. The van der Waals surface area contributed by atoms with E-state index in [1.807, 2.05) is 30.3 Å². The van der Waals surface area contributed by atoms with Crippen molar-refractivity contribution in [3.05, 3.63) is 35.9 Å². The lowest BCUT2D eigenvalue weighted by atomic mass is 10.2. The molecule has 0 aliphatic rings. The van der Waals surface area contributed by atoms with E-state index < -0.39 is 30.1 Å². The fourth-order valence-electron chi connectivity index (χ4n) is 1.67. The molecule has 23 heavy (non-hydrogen) atoms. The molecule has 1 aromatic rings. The minimum atomic E-state index is -0.838. The topological polar surface area (TPSA) is 93.7 Å². The Morgan fingerprint density at radius 3 is 2.26 bits per heavy atom. The highest BCUT2D eigenvalue weighted by atomic mass is 16.5. The molecule has 0 aliphatic carbocycles. The lowest BCUT2D eigenvalue weighted by Crippen LogP contribution is -2.49. The third kappa shape index (κ3) is 6.82. The van der Waals surface area contributed by atoms with Gasteiger partial charge >= 0.3 is 12.1 Å². The standard InChI is InChI=1S/C16H22N2O5/c1-4-22-15(20)12(3)17-14(19)11(2)18-16(21)23-10-13-8-6-5-7-9-13/h5-9,11-12H,4,10H2,1-3H3,(H,17,19)(H,18,21). The normalized spacial score (nSPS) is 12.7. The fourth-order valence-corrected chi connectivity index (χ4v) is 1.67. The van der Waals surface area contributed by atoms with Gasteiger partial charge in [0.1, 0.15) is 18.7 Å². The van der Waals surface area contributed by atoms with Gasteiger partial charge in [-0.05, 0) is 26.3 Å². The molecule has 0 saturated heterocycles. The molecular weight excluding hydrogens is 300 g/mol. The van der Waals surface area contributed by atoms with Gasteiger partial charge in [-0.2, -0.15) is 0 Å². The van der Waals surface area contributed by atoms with Gasteiger partial charge < -0.3 is 20.1 Å². The molecule has 7 nitrogen and oxygen atoms in total. The highest BCUT2D eigenvalue weighted by Gasteiger charge is 2.21. The van der Waals surface area contributed by atoms with Crippen LogP contribution in [0, 0.1) is 0 Å². The van der Waals surface area contributed by atoms with Crippen molar-refractivity contribution in [1.82, 2.24) is 10.6 Å². The zero-order chi connectivity index (χ0) is 17.2. The Hall–Kier alpha value is -2.57. The van der Waals surface area contributed by atoms with Gasteiger partial charge in [0, 0.05) is 0 Å². The summed E-state index contributed by atoms with van der Waals surface area (Å²) in [7, 11) is 0. The summed E-state index contributed by atoms with van der Waals surface area (Å²) in [4.78, 5) is 35.0. The van der Waals surface area contributed by atoms with Crippen molar-refractivity contribution in [3.63, 3.8) is 0 Å². The SMILES string of the molecule is CCOC(=O)C(C)NC(=O)C(C)NC(=O)OCc1ccccc1. The zero-order valence-electron chi connectivity index (χ0n) is 13.5. The van der Waals surface area contributed by atoms with Crippen LogP contribution in [0.15, 0.2) is 30.3 Å². The van der Waals surface area contributed by atoms with E-state index in [2.05, 4.69) is 10.6 Å². The van der Waals surface area contributed by atoms with Crippen LogP contribution in [0.5, 0.6) is 0 Å². The van der Waals surface area contributed by atoms with E-state index in [-0.39, 0.29) is 13.2 Å². The van der Waals surface area contributed by atoms with Crippen LogP contribution in [0.3, 0.4) is 0 Å². The number of rotatable bonds is 7. The second-order valence-electron chi connectivity index (χ2n) is 4.91. The van der Waals surface area contributed by atoms with E-state index in [1.165, 1.54) is 13.8 Å². The van der Waals surface area contributed by atoms with Gasteiger partial charge in [-0.15, -0.1) is 0 Å². The zero-order valence-corrected chi connectivity index (χ0v) is 13.5. The Labute approximate surface area is 135 Å². The van der Waals surface area contributed by atoms with Crippen molar-refractivity contribution >= 4 is 18.0 Å². The molecule has 2 amide bonds. The monoisotopic (exact) mass is 322 g/mol. The van der Waals surface area contributed by atoms with Crippen LogP contribution in [0.2, 0.25) is 0 Å². The number of ether oxygens (including phenoxy) is 2. The molecule has 0 aliphatic heterocycles. The maximum atomic E-state index is 11.9. The molecule has 126 valence electrons. The maximum Gasteiger partial charge on any atom is 0.408 e. The number of hydrogen-bond acceptors (Lipinski definition) is 5. The molecule has 2 atom stereocenters. The van der Waals surface area contributed by atoms with Gasteiger partial charge in [0.15, 0.2) is 0 Å². The third-order valence-electron chi connectivity index (χ3n) is 2.94. The van der Waals surface area contributed by atoms with Gasteiger partial charge in [0.2, 0.25) is 5.91 Å². The lowest BCUT2D eigenvalue weighted by molar-refractivity contribution is -0.147. The molecule has 0 bridgehead atoms. The van der Waals surface area contributed by atoms with Crippen molar-refractivity contribution in [2.24, 2.45) is 0 Å². The number of hydrogen-bond donors (Lipinski definition) is 2. The molecule has 1 rings (SSSR count). The number of carbonyl (C=O) groups excluding carboxylic acids is 3. The quantitative estimate of drug-likeness (QED) is 0.740. The summed E-state index contributed by atoms with van der Waals surface area (Å²) in [6, 6.07) is 7.56. The van der Waals surface area contributed by atoms with Crippen LogP contribution < -0.4 is 10.6 Å². The highest BCUT2D eigenvalue weighted by molar-refractivity contribution is 5.89. The second-order valence-corrected chi connectivity index (χ2v) is 4.91. The Kier molecular flexibility index (Phi) is 7.59. The molecule has 1 aromatic carbocycles. The van der Waals surface area contributed by atoms with Crippen molar-refractivity contribution in [2.75, 3.05) is 6.61 Å². The fraction of sp³-hybridized carbons (Fsp3) is 0.438. The first-order chi connectivity index (χ1) is 10.9. The average molecular weight is 322 g/mol. The summed E-state index contributed by atoms with van der Waals surface area (Å²) in [6.45, 7) is 5.03. The van der Waals surface area contributed by atoms with Crippen molar-refractivity contribution in [2.45, 2.75) is 39.5 Å². The van der Waals surface area contributed by atoms with Crippen LogP contribution >= 0.6 is 0 Å². The number of nitrogens with one attached hydrogen (secondary N) is 2. The second kappa shape index (κ2) is 9.45. The van der Waals surface area contributed by atoms with Gasteiger partial charge in [-0.3, -0.25) is 4.79 Å². The first-order valence-corrected chi connectivity index (χ1v) is 7.38. The molecule has 2 N–H and O–H groups in total. The molecule has 0 radical (unpaired) electrons. The van der Waals surface area contributed by atoms with E-state index in [9.17, 15) is 14.4 Å². The van der Waals surface area contributed by atoms with Crippen molar-refractivity contribution in [1.29, 1.82) is 0 Å². The molecule has 0 saturated carbocycles. The Balaban J connectivity index is 2.36. The van der Waals surface area contributed by atoms with Crippen LogP contribution in [-0.4, -0.2) is 36.7 Å². The summed E-state index contributed by atoms with van der Waals surface area (Å²) in [5.41, 5.74) is 0.843. The van der Waals surface area contributed by atoms with Gasteiger partial charge in [0.25, 0.3) is 0 Å². The molecule has 2 unspecified atom stereocenters. The molecule has 0 spiro atoms. The molecule has 0 fully saturated rings. The summed E-state index contributed by atoms with van der Waals surface area (Å²) in [5, 5.41) is 4.86.